The molecule has 0 bridgehead atoms. The maximum absolute atomic E-state index is 8.88. The van der Waals surface area contributed by atoms with E-state index in [4.69, 9.17) is 21.1 Å². The Hall–Kier alpha value is -0.730. The fraction of sp³-hybridized carbons (Fsp3) is 0.333. The predicted molar refractivity (Wildman–Crippen MR) is 48.1 cm³/mol. The maximum Gasteiger partial charge on any atom is 0.133 e. The molecule has 1 aromatic heterocycles. The van der Waals surface area contributed by atoms with Crippen LogP contribution in [0.5, 0.6) is 0 Å². The van der Waals surface area contributed by atoms with Crippen LogP contribution < -0.4 is 0 Å². The van der Waals surface area contributed by atoms with Gasteiger partial charge in [0.15, 0.2) is 0 Å². The smallest absolute Gasteiger partial charge is 0.133 e. The lowest BCUT2D eigenvalue weighted by Gasteiger charge is -1.96. The second-order valence-corrected chi connectivity index (χ2v) is 3.19. The van der Waals surface area contributed by atoms with Gasteiger partial charge in [-0.25, -0.2) is 0 Å². The van der Waals surface area contributed by atoms with Crippen molar-refractivity contribution in [3.05, 3.63) is 34.8 Å². The standard InChI is InChI=1S/C9H11ClO2/c1-6(10)3-8-4-7(2)12-9(8)5-11/h4,11H,1,3,5H2,2H3. The summed E-state index contributed by atoms with van der Waals surface area (Å²) in [6, 6.07) is 1.86. The Morgan fingerprint density at radius 1 is 1.75 bits per heavy atom. The van der Waals surface area contributed by atoms with Crippen molar-refractivity contribution in [1.29, 1.82) is 0 Å². The van der Waals surface area contributed by atoms with E-state index in [1.54, 1.807) is 0 Å². The van der Waals surface area contributed by atoms with Crippen molar-refractivity contribution in [3.63, 3.8) is 0 Å². The highest BCUT2D eigenvalue weighted by Crippen LogP contribution is 2.19. The Kier molecular flexibility index (Phi) is 2.95. The van der Waals surface area contributed by atoms with Crippen molar-refractivity contribution in [1.82, 2.24) is 0 Å². The summed E-state index contributed by atoms with van der Waals surface area (Å²) in [5.74, 6) is 1.36. The first kappa shape index (κ1) is 9.36. The van der Waals surface area contributed by atoms with E-state index in [0.29, 0.717) is 17.2 Å². The Bertz CT molecular complexity index is 289. The molecule has 0 aliphatic rings. The summed E-state index contributed by atoms with van der Waals surface area (Å²) >= 11 is 5.63. The minimum absolute atomic E-state index is 0.0899. The molecule has 0 aliphatic heterocycles. The van der Waals surface area contributed by atoms with E-state index in [1.165, 1.54) is 0 Å². The summed E-state index contributed by atoms with van der Waals surface area (Å²) in [6.07, 6.45) is 0.550. The Morgan fingerprint density at radius 2 is 2.42 bits per heavy atom. The Balaban J connectivity index is 2.89. The lowest BCUT2D eigenvalue weighted by atomic mass is 10.2. The van der Waals surface area contributed by atoms with Gasteiger partial charge in [0.1, 0.15) is 18.1 Å². The molecule has 0 saturated carbocycles. The van der Waals surface area contributed by atoms with Gasteiger partial charge in [0.2, 0.25) is 0 Å². The first-order valence-corrected chi connectivity index (χ1v) is 4.03. The number of rotatable bonds is 3. The molecule has 3 heteroatoms. The van der Waals surface area contributed by atoms with Crippen LogP contribution in [-0.2, 0) is 13.0 Å². The summed E-state index contributed by atoms with van der Waals surface area (Å²) in [6.45, 7) is 5.32. The second kappa shape index (κ2) is 3.78. The Morgan fingerprint density at radius 3 is 2.92 bits per heavy atom. The molecule has 1 heterocycles. The van der Waals surface area contributed by atoms with Crippen molar-refractivity contribution in [2.75, 3.05) is 0 Å². The zero-order chi connectivity index (χ0) is 9.14. The fourth-order valence-electron chi connectivity index (χ4n) is 1.11. The third-order valence-corrected chi connectivity index (χ3v) is 1.68. The lowest BCUT2D eigenvalue weighted by molar-refractivity contribution is 0.243. The topological polar surface area (TPSA) is 33.4 Å². The van der Waals surface area contributed by atoms with Crippen LogP contribution in [0.3, 0.4) is 0 Å². The van der Waals surface area contributed by atoms with E-state index in [2.05, 4.69) is 6.58 Å². The minimum atomic E-state index is -0.0899. The van der Waals surface area contributed by atoms with Gasteiger partial charge in [-0.2, -0.15) is 0 Å². The highest BCUT2D eigenvalue weighted by Gasteiger charge is 2.07. The van der Waals surface area contributed by atoms with Crippen LogP contribution in [0.1, 0.15) is 17.1 Å². The van der Waals surface area contributed by atoms with Crippen LogP contribution in [0.25, 0.3) is 0 Å². The highest BCUT2D eigenvalue weighted by molar-refractivity contribution is 6.29. The summed E-state index contributed by atoms with van der Waals surface area (Å²) in [4.78, 5) is 0. The van der Waals surface area contributed by atoms with Gasteiger partial charge in [-0.1, -0.05) is 18.2 Å². The fourth-order valence-corrected chi connectivity index (χ4v) is 1.25. The Labute approximate surface area is 76.5 Å². The number of furan rings is 1. The number of halogens is 1. The number of aliphatic hydroxyl groups excluding tert-OH is 1. The zero-order valence-corrected chi connectivity index (χ0v) is 7.69. The van der Waals surface area contributed by atoms with Gasteiger partial charge in [-0.05, 0) is 13.0 Å². The summed E-state index contributed by atoms with van der Waals surface area (Å²) in [5.41, 5.74) is 0.912. The number of aryl methyl sites for hydroxylation is 1. The van der Waals surface area contributed by atoms with Crippen LogP contribution in [0.15, 0.2) is 22.1 Å². The van der Waals surface area contributed by atoms with Gasteiger partial charge in [-0.3, -0.25) is 0 Å². The van der Waals surface area contributed by atoms with Crippen molar-refractivity contribution in [3.8, 4) is 0 Å². The van der Waals surface area contributed by atoms with Crippen LogP contribution in [-0.4, -0.2) is 5.11 Å². The van der Waals surface area contributed by atoms with Crippen LogP contribution >= 0.6 is 11.6 Å². The average molecular weight is 187 g/mol. The molecule has 0 atom stereocenters. The third-order valence-electron chi connectivity index (χ3n) is 1.55. The molecule has 0 aliphatic carbocycles. The molecule has 1 N–H and O–H groups in total. The molecule has 0 fully saturated rings. The maximum atomic E-state index is 8.88. The van der Waals surface area contributed by atoms with Gasteiger partial charge >= 0.3 is 0 Å². The molecule has 0 saturated heterocycles. The third kappa shape index (κ3) is 2.13. The molecular weight excluding hydrogens is 176 g/mol. The minimum Gasteiger partial charge on any atom is -0.464 e. The molecule has 66 valence electrons. The van der Waals surface area contributed by atoms with E-state index in [1.807, 2.05) is 13.0 Å². The van der Waals surface area contributed by atoms with E-state index >= 15 is 0 Å². The first-order valence-electron chi connectivity index (χ1n) is 3.66. The van der Waals surface area contributed by atoms with E-state index < -0.39 is 0 Å². The van der Waals surface area contributed by atoms with Crippen molar-refractivity contribution in [2.24, 2.45) is 0 Å². The number of hydrogen-bond donors (Lipinski definition) is 1. The molecule has 0 aromatic carbocycles. The van der Waals surface area contributed by atoms with Gasteiger partial charge in [0, 0.05) is 17.0 Å². The molecule has 0 radical (unpaired) electrons. The number of allylic oxidation sites excluding steroid dienone is 1. The van der Waals surface area contributed by atoms with Gasteiger partial charge < -0.3 is 9.52 Å². The summed E-state index contributed by atoms with van der Waals surface area (Å²) in [7, 11) is 0. The second-order valence-electron chi connectivity index (χ2n) is 2.66. The molecule has 0 unspecified atom stereocenters. The normalized spacial score (nSPS) is 10.2. The quantitative estimate of drug-likeness (QED) is 0.787. The predicted octanol–water partition coefficient (Wildman–Crippen LogP) is 2.38. The monoisotopic (exact) mass is 186 g/mol. The molecule has 1 rings (SSSR count). The van der Waals surface area contributed by atoms with E-state index in [-0.39, 0.29) is 6.61 Å². The van der Waals surface area contributed by atoms with Gasteiger partial charge in [-0.15, -0.1) is 0 Å². The molecule has 0 spiro atoms. The number of hydrogen-bond acceptors (Lipinski definition) is 2. The van der Waals surface area contributed by atoms with Crippen LogP contribution in [0.2, 0.25) is 0 Å². The van der Waals surface area contributed by atoms with E-state index in [9.17, 15) is 0 Å². The SMILES string of the molecule is C=C(Cl)Cc1cc(C)oc1CO. The van der Waals surface area contributed by atoms with Crippen molar-refractivity contribution >= 4 is 11.6 Å². The summed E-state index contributed by atoms with van der Waals surface area (Å²) in [5, 5.41) is 9.42. The number of aliphatic hydroxyl groups is 1. The largest absolute Gasteiger partial charge is 0.464 e. The van der Waals surface area contributed by atoms with Gasteiger partial charge in [0.05, 0.1) is 0 Å². The van der Waals surface area contributed by atoms with Gasteiger partial charge in [0.25, 0.3) is 0 Å². The first-order chi connectivity index (χ1) is 5.63. The van der Waals surface area contributed by atoms with Crippen LogP contribution in [0.4, 0.5) is 0 Å². The zero-order valence-electron chi connectivity index (χ0n) is 6.93. The molecule has 1 aromatic rings. The lowest BCUT2D eigenvalue weighted by Crippen LogP contribution is -1.88. The molecule has 2 nitrogen and oxygen atoms in total. The summed E-state index contributed by atoms with van der Waals surface area (Å²) < 4.78 is 5.21. The highest BCUT2D eigenvalue weighted by atomic mass is 35.5. The molecule has 0 amide bonds. The molecule has 12 heavy (non-hydrogen) atoms. The molecular formula is C9H11ClO2. The van der Waals surface area contributed by atoms with Crippen molar-refractivity contribution in [2.45, 2.75) is 20.0 Å². The van der Waals surface area contributed by atoms with Crippen LogP contribution in [0, 0.1) is 6.92 Å². The van der Waals surface area contributed by atoms with E-state index in [0.717, 1.165) is 11.3 Å². The van der Waals surface area contributed by atoms with Crippen molar-refractivity contribution < 1.29 is 9.52 Å². The average Bonchev–Trinajstić information content (AvgIpc) is 2.29.